The van der Waals surface area contributed by atoms with Crippen molar-refractivity contribution in [2.45, 2.75) is 48.8 Å². The minimum atomic E-state index is -4.55. The Morgan fingerprint density at radius 3 is 2.14 bits per heavy atom. The second-order valence-corrected chi connectivity index (χ2v) is 12.3. The zero-order valence-electron chi connectivity index (χ0n) is 22.7. The third kappa shape index (κ3) is 6.65. The zero-order valence-corrected chi connectivity index (χ0v) is 23.5. The number of amides is 2. The average molecular weight is 601 g/mol. The summed E-state index contributed by atoms with van der Waals surface area (Å²) in [4.78, 5) is 34.4. The van der Waals surface area contributed by atoms with Crippen LogP contribution in [0.1, 0.15) is 53.3 Å². The van der Waals surface area contributed by atoms with Gasteiger partial charge in [0.1, 0.15) is 5.69 Å². The quantitative estimate of drug-likeness (QED) is 0.444. The zero-order chi connectivity index (χ0) is 29.9. The first-order valence-electron chi connectivity index (χ1n) is 13.8. The van der Waals surface area contributed by atoms with Gasteiger partial charge in [-0.05, 0) is 67.6 Å². The molecule has 5 rings (SSSR count). The second-order valence-electron chi connectivity index (χ2n) is 10.6. The predicted octanol–water partition coefficient (Wildman–Crippen LogP) is 4.66. The highest BCUT2D eigenvalue weighted by Gasteiger charge is 2.38. The van der Waals surface area contributed by atoms with Crippen molar-refractivity contribution in [1.29, 1.82) is 0 Å². The van der Waals surface area contributed by atoms with Gasteiger partial charge in [0, 0.05) is 37.8 Å². The van der Waals surface area contributed by atoms with Crippen molar-refractivity contribution >= 4 is 21.8 Å². The third-order valence-electron chi connectivity index (χ3n) is 7.91. The molecule has 12 heteroatoms. The van der Waals surface area contributed by atoms with Crippen LogP contribution in [0, 0.1) is 5.92 Å². The lowest BCUT2D eigenvalue weighted by Gasteiger charge is -2.43. The maximum absolute atomic E-state index is 13.8. The minimum Gasteiger partial charge on any atom is -0.333 e. The van der Waals surface area contributed by atoms with Crippen LogP contribution in [0.15, 0.2) is 83.9 Å². The highest BCUT2D eigenvalue weighted by molar-refractivity contribution is 7.89. The normalized spacial score (nSPS) is 21.6. The van der Waals surface area contributed by atoms with Crippen molar-refractivity contribution in [3.63, 3.8) is 0 Å². The number of nitrogens with zero attached hydrogens (tertiary/aromatic N) is 3. The fourth-order valence-corrected chi connectivity index (χ4v) is 6.95. The number of aromatic nitrogens is 1. The van der Waals surface area contributed by atoms with Crippen LogP contribution in [0.3, 0.4) is 0 Å². The van der Waals surface area contributed by atoms with Crippen molar-refractivity contribution in [2.75, 3.05) is 19.6 Å². The summed E-state index contributed by atoms with van der Waals surface area (Å²) >= 11 is 0. The van der Waals surface area contributed by atoms with E-state index in [2.05, 4.69) is 9.71 Å². The molecule has 0 spiro atoms. The number of rotatable bonds is 6. The van der Waals surface area contributed by atoms with Crippen LogP contribution in [-0.2, 0) is 21.0 Å². The van der Waals surface area contributed by atoms with Crippen LogP contribution in [-0.4, -0.2) is 60.7 Å². The number of halogens is 3. The van der Waals surface area contributed by atoms with Crippen LogP contribution >= 0.6 is 0 Å². The molecule has 222 valence electrons. The van der Waals surface area contributed by atoms with Crippen molar-refractivity contribution in [3.8, 4) is 0 Å². The van der Waals surface area contributed by atoms with E-state index in [1.54, 1.807) is 29.3 Å². The first kappa shape index (κ1) is 29.7. The summed E-state index contributed by atoms with van der Waals surface area (Å²) in [6.45, 7) is 1.05. The molecule has 8 nitrogen and oxygen atoms in total. The SMILES string of the molecule is O=C(c1ccccn1)N1CCN(C(=O)C2CCC(NS(=O)(=O)c3ccc(C(F)(F)F)cc3)CC2)[C@@H](c2ccccc2)C1. The number of carbonyl (C=O) groups excluding carboxylic acids is 2. The van der Waals surface area contributed by atoms with Crippen LogP contribution < -0.4 is 4.72 Å². The van der Waals surface area contributed by atoms with Gasteiger partial charge >= 0.3 is 6.18 Å². The Balaban J connectivity index is 1.23. The number of benzene rings is 2. The summed E-state index contributed by atoms with van der Waals surface area (Å²) in [5, 5.41) is 0. The van der Waals surface area contributed by atoms with Crippen molar-refractivity contribution in [1.82, 2.24) is 19.5 Å². The van der Waals surface area contributed by atoms with Gasteiger partial charge in [-0.1, -0.05) is 36.4 Å². The van der Waals surface area contributed by atoms with Crippen LogP contribution in [0.2, 0.25) is 0 Å². The Kier molecular flexibility index (Phi) is 8.65. The molecule has 1 aromatic heterocycles. The lowest BCUT2D eigenvalue weighted by molar-refractivity contribution is -0.141. The summed E-state index contributed by atoms with van der Waals surface area (Å²) in [5.41, 5.74) is 0.347. The molecule has 1 atom stereocenters. The Labute approximate surface area is 242 Å². The highest BCUT2D eigenvalue weighted by Crippen LogP contribution is 2.33. The van der Waals surface area contributed by atoms with Gasteiger partial charge in [-0.3, -0.25) is 14.6 Å². The molecule has 2 aromatic carbocycles. The minimum absolute atomic E-state index is 0.0298. The van der Waals surface area contributed by atoms with E-state index in [0.29, 0.717) is 51.0 Å². The maximum Gasteiger partial charge on any atom is 0.416 e. The van der Waals surface area contributed by atoms with Gasteiger partial charge in [0.25, 0.3) is 5.91 Å². The smallest absolute Gasteiger partial charge is 0.333 e. The Morgan fingerprint density at radius 2 is 1.52 bits per heavy atom. The lowest BCUT2D eigenvalue weighted by Crippen LogP contribution is -2.54. The number of nitrogens with one attached hydrogen (secondary N) is 1. The van der Waals surface area contributed by atoms with E-state index < -0.39 is 27.8 Å². The molecule has 1 N–H and O–H groups in total. The van der Waals surface area contributed by atoms with E-state index in [1.165, 1.54) is 0 Å². The van der Waals surface area contributed by atoms with Crippen molar-refractivity contribution < 1.29 is 31.2 Å². The lowest BCUT2D eigenvalue weighted by atomic mass is 9.85. The fraction of sp³-hybridized carbons (Fsp3) is 0.367. The molecule has 1 aliphatic carbocycles. The number of piperazine rings is 1. The number of carbonyl (C=O) groups is 2. The molecular formula is C30H31F3N4O4S. The summed E-state index contributed by atoms with van der Waals surface area (Å²) in [7, 11) is -4.02. The average Bonchev–Trinajstić information content (AvgIpc) is 3.01. The molecular weight excluding hydrogens is 569 g/mol. The summed E-state index contributed by atoms with van der Waals surface area (Å²) in [5.74, 6) is -0.525. The van der Waals surface area contributed by atoms with Gasteiger partial charge in [0.05, 0.1) is 16.5 Å². The van der Waals surface area contributed by atoms with Gasteiger partial charge in [-0.2, -0.15) is 13.2 Å². The number of hydrogen-bond donors (Lipinski definition) is 1. The molecule has 0 bridgehead atoms. The number of hydrogen-bond acceptors (Lipinski definition) is 5. The van der Waals surface area contributed by atoms with Crippen LogP contribution in [0.25, 0.3) is 0 Å². The highest BCUT2D eigenvalue weighted by atomic mass is 32.2. The molecule has 2 amide bonds. The van der Waals surface area contributed by atoms with Gasteiger partial charge < -0.3 is 9.80 Å². The Hall–Kier alpha value is -3.77. The number of pyridine rings is 1. The summed E-state index contributed by atoms with van der Waals surface area (Å²) < 4.78 is 66.8. The molecule has 0 unspecified atom stereocenters. The maximum atomic E-state index is 13.8. The molecule has 2 heterocycles. The van der Waals surface area contributed by atoms with Gasteiger partial charge in [0.15, 0.2) is 0 Å². The molecule has 42 heavy (non-hydrogen) atoms. The first-order chi connectivity index (χ1) is 20.0. The molecule has 1 saturated carbocycles. The van der Waals surface area contributed by atoms with Crippen molar-refractivity contribution in [3.05, 3.63) is 95.8 Å². The Bertz CT molecular complexity index is 1500. The van der Waals surface area contributed by atoms with Gasteiger partial charge in [-0.25, -0.2) is 13.1 Å². The van der Waals surface area contributed by atoms with Gasteiger partial charge in [0.2, 0.25) is 15.9 Å². The topological polar surface area (TPSA) is 99.7 Å². The molecule has 2 fully saturated rings. The molecule has 1 aliphatic heterocycles. The molecule has 1 saturated heterocycles. The number of sulfonamides is 1. The van der Waals surface area contributed by atoms with Gasteiger partial charge in [-0.15, -0.1) is 0 Å². The van der Waals surface area contributed by atoms with E-state index in [0.717, 1.165) is 29.8 Å². The fourth-order valence-electron chi connectivity index (χ4n) is 5.65. The second kappa shape index (κ2) is 12.2. The monoisotopic (exact) mass is 600 g/mol. The summed E-state index contributed by atoms with van der Waals surface area (Å²) in [6.07, 6.45) is -1.21. The standard InChI is InChI=1S/C30H31F3N4O4S/c31-30(32,33)23-11-15-25(16-12-23)42(40,41)35-24-13-9-22(10-14-24)28(38)37-19-18-36(29(39)26-8-4-5-17-34-26)20-27(37)21-6-2-1-3-7-21/h1-8,11-12,15-17,22,24,27,35H,9-10,13-14,18-20H2/t22?,24?,27-/m1/s1. The van der Waals surface area contributed by atoms with E-state index >= 15 is 0 Å². The molecule has 2 aliphatic rings. The number of alkyl halides is 3. The molecule has 3 aromatic rings. The predicted molar refractivity (Wildman–Crippen MR) is 149 cm³/mol. The third-order valence-corrected chi connectivity index (χ3v) is 9.45. The van der Waals surface area contributed by atoms with E-state index in [9.17, 15) is 31.2 Å². The Morgan fingerprint density at radius 1 is 0.857 bits per heavy atom. The van der Waals surface area contributed by atoms with E-state index in [4.69, 9.17) is 0 Å². The van der Waals surface area contributed by atoms with Crippen LogP contribution in [0.4, 0.5) is 13.2 Å². The molecule has 0 radical (unpaired) electrons. The first-order valence-corrected chi connectivity index (χ1v) is 15.3. The van der Waals surface area contributed by atoms with Crippen LogP contribution in [0.5, 0.6) is 0 Å². The largest absolute Gasteiger partial charge is 0.416 e. The van der Waals surface area contributed by atoms with Crippen molar-refractivity contribution in [2.24, 2.45) is 5.92 Å². The van der Waals surface area contributed by atoms with E-state index in [-0.39, 0.29) is 28.7 Å². The van der Waals surface area contributed by atoms with E-state index in [1.807, 2.05) is 35.2 Å². The summed E-state index contributed by atoms with van der Waals surface area (Å²) in [6, 6.07) is 17.3.